The zero-order valence-electron chi connectivity index (χ0n) is 27.1. The third-order valence-electron chi connectivity index (χ3n) is 10.1. The molecule has 1 saturated carbocycles. The van der Waals surface area contributed by atoms with Crippen LogP contribution in [0.5, 0.6) is 11.5 Å². The Morgan fingerprint density at radius 3 is 2.61 bits per heavy atom. The molecule has 0 amide bonds. The molecule has 1 fully saturated rings. The zero-order valence-corrected chi connectivity index (χ0v) is 27.1. The Labute approximate surface area is 273 Å². The Hall–Kier alpha value is -4.02. The molecule has 0 bridgehead atoms. The Morgan fingerprint density at radius 2 is 1.89 bits per heavy atom. The summed E-state index contributed by atoms with van der Waals surface area (Å²) in [4.78, 5) is 27.4. The van der Waals surface area contributed by atoms with Gasteiger partial charge in [-0.1, -0.05) is 61.6 Å². The lowest BCUT2D eigenvalue weighted by Gasteiger charge is -2.29. The summed E-state index contributed by atoms with van der Waals surface area (Å²) in [5.41, 5.74) is 10.0. The number of allylic oxidation sites excluding steroid dienone is 2. The number of carbonyl (C=O) groups is 2. The SMILES string of the molecule is CCC[C@H](CO)[C@H]1C[C@H](CC2=CCNC(N)=C2)C[C@@H]2C#C[C@H](c3ccccc3)c3cc(O)c(OC)cc3CCC(=O)CC(=O)[C@H]2C1. The van der Waals surface area contributed by atoms with E-state index >= 15 is 0 Å². The van der Waals surface area contributed by atoms with Gasteiger partial charge in [-0.25, -0.2) is 0 Å². The molecule has 0 spiro atoms. The minimum atomic E-state index is -0.389. The summed E-state index contributed by atoms with van der Waals surface area (Å²) < 4.78 is 5.43. The average Bonchev–Trinajstić information content (AvgIpc) is 3.22. The molecule has 1 aliphatic heterocycles. The van der Waals surface area contributed by atoms with Crippen LogP contribution in [0.1, 0.15) is 80.9 Å². The summed E-state index contributed by atoms with van der Waals surface area (Å²) in [6, 6.07) is 13.5. The van der Waals surface area contributed by atoms with Crippen LogP contribution in [0.15, 0.2) is 66.0 Å². The lowest BCUT2D eigenvalue weighted by atomic mass is 9.76. The summed E-state index contributed by atoms with van der Waals surface area (Å²) in [7, 11) is 1.51. The predicted molar refractivity (Wildman–Crippen MR) is 180 cm³/mol. The van der Waals surface area contributed by atoms with Crippen molar-refractivity contribution in [3.63, 3.8) is 0 Å². The fourth-order valence-corrected chi connectivity index (χ4v) is 7.77. The second-order valence-corrected chi connectivity index (χ2v) is 13.3. The Bertz CT molecular complexity index is 1520. The number of aliphatic hydroxyl groups excluding tert-OH is 1. The van der Waals surface area contributed by atoms with Crippen molar-refractivity contribution >= 4 is 11.6 Å². The number of aromatic hydroxyl groups is 1. The van der Waals surface area contributed by atoms with Crippen molar-refractivity contribution in [3.8, 4) is 23.3 Å². The number of nitrogens with one attached hydrogen (secondary N) is 1. The number of hydrogen-bond acceptors (Lipinski definition) is 7. The normalized spacial score (nSPS) is 25.8. The van der Waals surface area contributed by atoms with Gasteiger partial charge in [0.2, 0.25) is 0 Å². The van der Waals surface area contributed by atoms with E-state index in [1.54, 1.807) is 12.1 Å². The highest BCUT2D eigenvalue weighted by atomic mass is 16.5. The van der Waals surface area contributed by atoms with Crippen LogP contribution in [0, 0.1) is 41.4 Å². The van der Waals surface area contributed by atoms with Gasteiger partial charge in [-0.3, -0.25) is 9.59 Å². The zero-order chi connectivity index (χ0) is 32.6. The van der Waals surface area contributed by atoms with Crippen molar-refractivity contribution < 1.29 is 24.5 Å². The van der Waals surface area contributed by atoms with Gasteiger partial charge < -0.3 is 26.0 Å². The highest BCUT2D eigenvalue weighted by Crippen LogP contribution is 2.44. The van der Waals surface area contributed by atoms with Crippen molar-refractivity contribution in [2.45, 2.75) is 70.6 Å². The van der Waals surface area contributed by atoms with Gasteiger partial charge in [-0.05, 0) is 96.8 Å². The number of hydrogen-bond donors (Lipinski definition) is 4. The van der Waals surface area contributed by atoms with Crippen molar-refractivity contribution in [2.75, 3.05) is 20.3 Å². The van der Waals surface area contributed by atoms with Crippen molar-refractivity contribution in [2.24, 2.45) is 35.3 Å². The molecule has 0 saturated heterocycles. The van der Waals surface area contributed by atoms with Gasteiger partial charge in [0.25, 0.3) is 0 Å². The number of methoxy groups -OCH3 is 1. The smallest absolute Gasteiger partial charge is 0.160 e. The second kappa shape index (κ2) is 15.5. The average molecular weight is 625 g/mol. The first-order valence-corrected chi connectivity index (χ1v) is 16.8. The van der Waals surface area contributed by atoms with Crippen LogP contribution in [-0.2, 0) is 16.0 Å². The molecule has 7 heteroatoms. The van der Waals surface area contributed by atoms with E-state index in [2.05, 4.69) is 30.2 Å². The number of aryl methyl sites for hydroxylation is 1. The molecular formula is C39H48N2O5. The maximum atomic E-state index is 14.1. The summed E-state index contributed by atoms with van der Waals surface area (Å²) in [6.07, 6.45) is 9.59. The van der Waals surface area contributed by atoms with Crippen LogP contribution in [0.4, 0.5) is 0 Å². The number of phenols is 1. The molecule has 3 aliphatic rings. The Balaban J connectivity index is 1.62. The number of benzene rings is 2. The van der Waals surface area contributed by atoms with E-state index in [1.165, 1.54) is 12.7 Å². The van der Waals surface area contributed by atoms with E-state index in [-0.39, 0.29) is 72.3 Å². The number of aliphatic hydroxyl groups is 1. The third kappa shape index (κ3) is 8.03. The van der Waals surface area contributed by atoms with E-state index in [1.807, 2.05) is 36.4 Å². The van der Waals surface area contributed by atoms with Crippen molar-refractivity contribution in [1.82, 2.24) is 5.32 Å². The topological polar surface area (TPSA) is 122 Å². The largest absolute Gasteiger partial charge is 0.504 e. The van der Waals surface area contributed by atoms with Gasteiger partial charge in [0, 0.05) is 31.4 Å². The van der Waals surface area contributed by atoms with E-state index < -0.39 is 0 Å². The molecule has 46 heavy (non-hydrogen) atoms. The number of carbonyl (C=O) groups excluding carboxylic acids is 2. The van der Waals surface area contributed by atoms with Crippen LogP contribution in [0.2, 0.25) is 0 Å². The van der Waals surface area contributed by atoms with Gasteiger partial charge in [0.15, 0.2) is 11.5 Å². The molecule has 244 valence electrons. The molecule has 0 radical (unpaired) electrons. The van der Waals surface area contributed by atoms with E-state index in [9.17, 15) is 19.8 Å². The number of ketones is 2. The Morgan fingerprint density at radius 1 is 1.09 bits per heavy atom. The van der Waals surface area contributed by atoms with Gasteiger partial charge in [0.1, 0.15) is 11.6 Å². The number of dihydropyridines is 1. The highest BCUT2D eigenvalue weighted by Gasteiger charge is 2.39. The number of ether oxygens (including phenoxy) is 1. The summed E-state index contributed by atoms with van der Waals surface area (Å²) >= 11 is 0. The quantitative estimate of drug-likeness (QED) is 0.217. The monoisotopic (exact) mass is 624 g/mol. The van der Waals surface area contributed by atoms with Gasteiger partial charge in [0.05, 0.1) is 25.3 Å². The molecule has 2 aliphatic carbocycles. The standard InChI is InChI=1S/C39H48N2O5/c1-3-7-30(24-42)31-18-26(16-25-14-15-41-39(40)19-25)17-28-11-13-33(27-8-5-4-6-9-27)34-23-37(45)38(46-2)21-29(34)10-12-32(43)22-36(44)35(28)20-31/h4-6,8-9,14,19,21,23,26,28,30-31,33,35,41-42,45H,3,7,10,12,15-18,20,22,24,40H2,1-2H3/t26-,28+,30-,31+,33-,35+/m1/s1. The first-order chi connectivity index (χ1) is 22.3. The second-order valence-electron chi connectivity index (χ2n) is 13.3. The summed E-state index contributed by atoms with van der Waals surface area (Å²) in [6.45, 7) is 2.90. The first kappa shape index (κ1) is 33.3. The van der Waals surface area contributed by atoms with Gasteiger partial charge in [-0.15, -0.1) is 0 Å². The van der Waals surface area contributed by atoms with E-state index in [0.717, 1.165) is 48.8 Å². The number of fused-ring (bicyclic) bond motifs is 2. The van der Waals surface area contributed by atoms with Crippen LogP contribution < -0.4 is 15.8 Å². The Kier molecular flexibility index (Phi) is 11.2. The fourth-order valence-electron chi connectivity index (χ4n) is 7.77. The molecule has 2 aromatic carbocycles. The molecule has 5 N–H and O–H groups in total. The summed E-state index contributed by atoms with van der Waals surface area (Å²) in [5, 5.41) is 24.5. The minimum Gasteiger partial charge on any atom is -0.504 e. The van der Waals surface area contributed by atoms with Crippen molar-refractivity contribution in [1.29, 1.82) is 0 Å². The molecule has 0 unspecified atom stereocenters. The van der Waals surface area contributed by atoms with Gasteiger partial charge >= 0.3 is 0 Å². The number of rotatable bonds is 8. The lowest BCUT2D eigenvalue weighted by Crippen LogP contribution is -2.29. The number of phenolic OH excluding ortho intramolecular Hbond substituents is 1. The van der Waals surface area contributed by atoms with Gasteiger partial charge in [-0.2, -0.15) is 0 Å². The van der Waals surface area contributed by atoms with Crippen LogP contribution >= 0.6 is 0 Å². The van der Waals surface area contributed by atoms with Crippen LogP contribution in [-0.4, -0.2) is 42.0 Å². The third-order valence-corrected chi connectivity index (χ3v) is 10.1. The summed E-state index contributed by atoms with van der Waals surface area (Å²) in [5.74, 6) is 7.61. The molecule has 6 atom stereocenters. The lowest BCUT2D eigenvalue weighted by molar-refractivity contribution is -0.130. The molecular weight excluding hydrogens is 576 g/mol. The van der Waals surface area contributed by atoms with E-state index in [4.69, 9.17) is 10.5 Å². The molecule has 1 heterocycles. The van der Waals surface area contributed by atoms with E-state index in [0.29, 0.717) is 31.0 Å². The van der Waals surface area contributed by atoms with Crippen LogP contribution in [0.3, 0.4) is 0 Å². The number of Topliss-reactive ketones (excluding diaryl/α,β-unsaturated/α-hetero) is 2. The maximum absolute atomic E-state index is 14.1. The minimum absolute atomic E-state index is 0.0290. The number of nitrogens with two attached hydrogens (primary N) is 1. The van der Waals surface area contributed by atoms with Crippen LogP contribution in [0.25, 0.3) is 0 Å². The highest BCUT2D eigenvalue weighted by molar-refractivity contribution is 6.00. The fraction of sp³-hybridized carbons (Fsp3) is 0.487. The molecule has 5 rings (SSSR count). The van der Waals surface area contributed by atoms with Crippen molar-refractivity contribution in [3.05, 3.63) is 82.7 Å². The predicted octanol–water partition coefficient (Wildman–Crippen LogP) is 5.79. The molecule has 2 aromatic rings. The molecule has 0 aromatic heterocycles. The maximum Gasteiger partial charge on any atom is 0.160 e. The molecule has 7 nitrogen and oxygen atoms in total. The first-order valence-electron chi connectivity index (χ1n) is 16.8.